The van der Waals surface area contributed by atoms with Crippen LogP contribution < -0.4 is 15.4 Å². The molecule has 0 aliphatic rings. The molecule has 0 radical (unpaired) electrons. The number of halogens is 1. The highest BCUT2D eigenvalue weighted by atomic mass is 35.5. The van der Waals surface area contributed by atoms with Crippen molar-refractivity contribution in [3.05, 3.63) is 83.3 Å². The Kier molecular flexibility index (Phi) is 5.59. The first kappa shape index (κ1) is 19.8. The van der Waals surface area contributed by atoms with Crippen LogP contribution in [0.4, 0.5) is 16.2 Å². The van der Waals surface area contributed by atoms with Crippen LogP contribution in [0.2, 0.25) is 5.02 Å². The molecule has 4 aromatic rings. The van der Waals surface area contributed by atoms with E-state index in [1.54, 1.807) is 31.5 Å². The fourth-order valence-electron chi connectivity index (χ4n) is 3.39. The smallest absolute Gasteiger partial charge is 0.323 e. The lowest BCUT2D eigenvalue weighted by molar-refractivity contribution is 0.262. The van der Waals surface area contributed by atoms with Crippen molar-refractivity contribution >= 4 is 39.9 Å². The second kappa shape index (κ2) is 8.47. The highest BCUT2D eigenvalue weighted by Crippen LogP contribution is 2.29. The minimum Gasteiger partial charge on any atom is -0.495 e. The topological polar surface area (TPSA) is 68.2 Å². The first-order valence-electron chi connectivity index (χ1n) is 9.44. The monoisotopic (exact) mass is 420 g/mol. The van der Waals surface area contributed by atoms with Crippen LogP contribution in [0.25, 0.3) is 10.9 Å². The van der Waals surface area contributed by atoms with E-state index in [2.05, 4.69) is 27.1 Å². The van der Waals surface area contributed by atoms with Crippen LogP contribution in [0, 0.1) is 6.92 Å². The summed E-state index contributed by atoms with van der Waals surface area (Å²) in [4.78, 5) is 16.8. The van der Waals surface area contributed by atoms with Crippen LogP contribution in [0.1, 0.15) is 11.1 Å². The molecule has 2 aromatic carbocycles. The molecule has 4 rings (SSSR count). The highest BCUT2D eigenvalue weighted by Gasteiger charge is 2.12. The number of benzene rings is 2. The van der Waals surface area contributed by atoms with E-state index in [0.717, 1.165) is 28.7 Å². The third-order valence-corrected chi connectivity index (χ3v) is 5.18. The molecule has 30 heavy (non-hydrogen) atoms. The number of nitrogens with zero attached hydrogens (tertiary/aromatic N) is 2. The number of aryl methyl sites for hydroxylation is 1. The van der Waals surface area contributed by atoms with Crippen molar-refractivity contribution < 1.29 is 9.53 Å². The predicted octanol–water partition coefficient (Wildman–Crippen LogP) is 5.70. The molecule has 0 spiro atoms. The molecule has 0 saturated heterocycles. The molecule has 0 fully saturated rings. The van der Waals surface area contributed by atoms with Gasteiger partial charge in [0.05, 0.1) is 24.0 Å². The number of rotatable bonds is 5. The molecule has 0 unspecified atom stereocenters. The zero-order valence-electron chi connectivity index (χ0n) is 16.6. The third-order valence-electron chi connectivity index (χ3n) is 4.95. The Hall–Kier alpha value is -3.51. The molecule has 2 heterocycles. The number of hydrogen-bond acceptors (Lipinski definition) is 3. The summed E-state index contributed by atoms with van der Waals surface area (Å²) in [7, 11) is 1.54. The molecule has 2 N–H and O–H groups in total. The molecule has 7 heteroatoms. The molecule has 6 nitrogen and oxygen atoms in total. The second-order valence-corrected chi connectivity index (χ2v) is 7.34. The molecule has 2 amide bonds. The summed E-state index contributed by atoms with van der Waals surface area (Å²) in [6.07, 6.45) is 5.69. The molecule has 0 bridgehead atoms. The van der Waals surface area contributed by atoms with Crippen molar-refractivity contribution in [1.29, 1.82) is 0 Å². The van der Waals surface area contributed by atoms with Gasteiger partial charge in [-0.05, 0) is 60.5 Å². The van der Waals surface area contributed by atoms with Gasteiger partial charge in [0.2, 0.25) is 0 Å². The Labute approximate surface area is 179 Å². The molecular weight excluding hydrogens is 400 g/mol. The molecular formula is C23H21ClN4O2. The Balaban J connectivity index is 1.57. The van der Waals surface area contributed by atoms with Gasteiger partial charge in [0.15, 0.2) is 0 Å². The quantitative estimate of drug-likeness (QED) is 0.435. The van der Waals surface area contributed by atoms with Crippen LogP contribution in [0.3, 0.4) is 0 Å². The maximum absolute atomic E-state index is 12.6. The van der Waals surface area contributed by atoms with Gasteiger partial charge in [0, 0.05) is 35.5 Å². The Morgan fingerprint density at radius 1 is 1.13 bits per heavy atom. The average Bonchev–Trinajstić information content (AvgIpc) is 3.14. The summed E-state index contributed by atoms with van der Waals surface area (Å²) in [5.74, 6) is 0.534. The first-order valence-corrected chi connectivity index (χ1v) is 9.82. The van der Waals surface area contributed by atoms with E-state index in [-0.39, 0.29) is 6.03 Å². The summed E-state index contributed by atoms with van der Waals surface area (Å²) in [5.41, 5.74) is 4.59. The largest absolute Gasteiger partial charge is 0.495 e. The lowest BCUT2D eigenvalue weighted by atomic mass is 10.1. The molecule has 0 atom stereocenters. The van der Waals surface area contributed by atoms with Gasteiger partial charge < -0.3 is 19.9 Å². The van der Waals surface area contributed by atoms with Crippen LogP contribution in [0.15, 0.2) is 67.1 Å². The van der Waals surface area contributed by atoms with Gasteiger partial charge >= 0.3 is 6.03 Å². The van der Waals surface area contributed by atoms with Crippen molar-refractivity contribution in [2.75, 3.05) is 17.7 Å². The minimum atomic E-state index is -0.374. The molecule has 0 aliphatic carbocycles. The van der Waals surface area contributed by atoms with Gasteiger partial charge in [0.1, 0.15) is 5.75 Å². The van der Waals surface area contributed by atoms with Gasteiger partial charge in [-0.25, -0.2) is 4.79 Å². The second-order valence-electron chi connectivity index (χ2n) is 6.91. The Morgan fingerprint density at radius 2 is 1.97 bits per heavy atom. The van der Waals surface area contributed by atoms with Crippen LogP contribution >= 0.6 is 11.6 Å². The van der Waals surface area contributed by atoms with Crippen molar-refractivity contribution in [3.8, 4) is 5.75 Å². The summed E-state index contributed by atoms with van der Waals surface area (Å²) >= 11 is 6.04. The SMILES string of the molecule is COc1ccc(Cl)cc1NC(=O)Nc1cccc2c1ccn2Cc1ccncc1C. The molecule has 0 aliphatic heterocycles. The number of fused-ring (bicyclic) bond motifs is 1. The van der Waals surface area contributed by atoms with Crippen molar-refractivity contribution in [2.45, 2.75) is 13.5 Å². The number of methoxy groups -OCH3 is 1. The maximum Gasteiger partial charge on any atom is 0.323 e. The van der Waals surface area contributed by atoms with Crippen LogP contribution in [0.5, 0.6) is 5.75 Å². The standard InChI is InChI=1S/C23H21ClN4O2/c1-15-13-25-10-8-16(15)14-28-11-9-18-19(4-3-5-21(18)28)26-23(29)27-20-12-17(24)6-7-22(20)30-2/h3-13H,14H2,1-2H3,(H2,26,27,29). The molecule has 0 saturated carbocycles. The van der Waals surface area contributed by atoms with Gasteiger partial charge in [-0.15, -0.1) is 0 Å². The van der Waals surface area contributed by atoms with Gasteiger partial charge in [-0.2, -0.15) is 0 Å². The van der Waals surface area contributed by atoms with E-state index in [1.807, 2.05) is 42.7 Å². The zero-order chi connectivity index (χ0) is 21.1. The fraction of sp³-hybridized carbons (Fsp3) is 0.130. The van der Waals surface area contributed by atoms with Gasteiger partial charge in [-0.1, -0.05) is 17.7 Å². The molecule has 2 aromatic heterocycles. The van der Waals surface area contributed by atoms with Crippen molar-refractivity contribution in [1.82, 2.24) is 9.55 Å². The number of nitrogens with one attached hydrogen (secondary N) is 2. The van der Waals surface area contributed by atoms with E-state index in [0.29, 0.717) is 16.5 Å². The highest BCUT2D eigenvalue weighted by molar-refractivity contribution is 6.31. The summed E-state index contributed by atoms with van der Waals surface area (Å²) in [5, 5.41) is 7.18. The third kappa shape index (κ3) is 4.09. The van der Waals surface area contributed by atoms with Gasteiger partial charge in [0.25, 0.3) is 0 Å². The number of carbonyl (C=O) groups is 1. The number of hydrogen-bond donors (Lipinski definition) is 2. The van der Waals surface area contributed by atoms with Gasteiger partial charge in [-0.3, -0.25) is 4.98 Å². The number of ether oxygens (including phenoxy) is 1. The number of carbonyl (C=O) groups excluding carboxylic acids is 1. The average molecular weight is 421 g/mol. The minimum absolute atomic E-state index is 0.374. The number of anilines is 2. The lowest BCUT2D eigenvalue weighted by Crippen LogP contribution is -2.20. The van der Waals surface area contributed by atoms with Crippen molar-refractivity contribution in [3.63, 3.8) is 0 Å². The van der Waals surface area contributed by atoms with Crippen LogP contribution in [-0.4, -0.2) is 22.7 Å². The lowest BCUT2D eigenvalue weighted by Gasteiger charge is -2.13. The number of pyridine rings is 1. The Morgan fingerprint density at radius 3 is 2.77 bits per heavy atom. The predicted molar refractivity (Wildman–Crippen MR) is 121 cm³/mol. The van der Waals surface area contributed by atoms with E-state index >= 15 is 0 Å². The van der Waals surface area contributed by atoms with Crippen molar-refractivity contribution in [2.24, 2.45) is 0 Å². The zero-order valence-corrected chi connectivity index (χ0v) is 17.4. The summed E-state index contributed by atoms with van der Waals surface area (Å²) < 4.78 is 7.44. The van der Waals surface area contributed by atoms with E-state index in [9.17, 15) is 4.79 Å². The van der Waals surface area contributed by atoms with Crippen LogP contribution in [-0.2, 0) is 6.54 Å². The number of urea groups is 1. The van der Waals surface area contributed by atoms with E-state index < -0.39 is 0 Å². The molecule has 152 valence electrons. The Bertz CT molecular complexity index is 1220. The fourth-order valence-corrected chi connectivity index (χ4v) is 3.56. The van der Waals surface area contributed by atoms with E-state index in [4.69, 9.17) is 16.3 Å². The normalized spacial score (nSPS) is 10.8. The summed E-state index contributed by atoms with van der Waals surface area (Å²) in [6.45, 7) is 2.78. The first-order chi connectivity index (χ1) is 14.5. The summed E-state index contributed by atoms with van der Waals surface area (Å²) in [6, 6.07) is 14.5. The maximum atomic E-state index is 12.6. The van der Waals surface area contributed by atoms with E-state index in [1.165, 1.54) is 5.56 Å². The number of aromatic nitrogens is 2. The number of amides is 2.